The van der Waals surface area contributed by atoms with E-state index < -0.39 is 5.41 Å². The van der Waals surface area contributed by atoms with Crippen molar-refractivity contribution in [3.05, 3.63) is 0 Å². The van der Waals surface area contributed by atoms with E-state index in [1.54, 1.807) is 0 Å². The largest absolute Gasteiger partial charge is 0.392 e. The highest BCUT2D eigenvalue weighted by Gasteiger charge is 2.63. The van der Waals surface area contributed by atoms with Crippen LogP contribution in [0, 0.1) is 40.9 Å². The predicted octanol–water partition coefficient (Wildman–Crippen LogP) is 2.78. The summed E-state index contributed by atoms with van der Waals surface area (Å²) in [5, 5.41) is 0. The first-order valence-corrected chi connectivity index (χ1v) is 7.76. The smallest absolute Gasteiger partial charge is 0.320 e. The van der Waals surface area contributed by atoms with Crippen LogP contribution < -0.4 is 0 Å². The van der Waals surface area contributed by atoms with E-state index in [2.05, 4.69) is 0 Å². The molecule has 0 aromatic heterocycles. The molecule has 0 radical (unpaired) electrons. The minimum absolute atomic E-state index is 0.248. The van der Waals surface area contributed by atoms with Crippen molar-refractivity contribution >= 4 is 11.9 Å². The van der Waals surface area contributed by atoms with E-state index in [0.717, 1.165) is 11.8 Å². The van der Waals surface area contributed by atoms with Crippen molar-refractivity contribution in [2.24, 2.45) is 40.9 Å². The average molecular weight is 262 g/mol. The van der Waals surface area contributed by atoms with Crippen LogP contribution in [0.4, 0.5) is 0 Å². The van der Waals surface area contributed by atoms with E-state index in [4.69, 9.17) is 4.74 Å². The van der Waals surface area contributed by atoms with Crippen molar-refractivity contribution in [3.8, 4) is 0 Å². The summed E-state index contributed by atoms with van der Waals surface area (Å²) in [7, 11) is 0. The molecule has 0 aromatic carbocycles. The highest BCUT2D eigenvalue weighted by atomic mass is 16.6. The molecule has 3 heteroatoms. The lowest BCUT2D eigenvalue weighted by molar-refractivity contribution is -0.162. The molecule has 5 fully saturated rings. The van der Waals surface area contributed by atoms with Crippen LogP contribution in [0.25, 0.3) is 0 Å². The average Bonchev–Trinajstić information content (AvgIpc) is 2.53. The SMILES string of the molecule is CC1C(=O)OC(=O)C1(C)C1C2CC3CC(C2)CC1C3. The zero-order chi connectivity index (χ0) is 13.4. The summed E-state index contributed by atoms with van der Waals surface area (Å²) in [6.07, 6.45) is 6.53. The molecule has 1 heterocycles. The Morgan fingerprint density at radius 2 is 1.53 bits per heavy atom. The van der Waals surface area contributed by atoms with Crippen LogP contribution in [-0.2, 0) is 14.3 Å². The molecule has 0 amide bonds. The second kappa shape index (κ2) is 3.62. The summed E-state index contributed by atoms with van der Waals surface area (Å²) >= 11 is 0. The predicted molar refractivity (Wildman–Crippen MR) is 68.9 cm³/mol. The molecule has 5 rings (SSSR count). The molecule has 1 aliphatic heterocycles. The fourth-order valence-corrected chi connectivity index (χ4v) is 6.04. The normalized spacial score (nSPS) is 55.7. The van der Waals surface area contributed by atoms with E-state index in [1.807, 2.05) is 13.8 Å². The summed E-state index contributed by atoms with van der Waals surface area (Å²) in [6, 6.07) is 0. The third-order valence-electron chi connectivity index (χ3n) is 6.81. The van der Waals surface area contributed by atoms with Gasteiger partial charge in [-0.2, -0.15) is 0 Å². The minimum atomic E-state index is -0.556. The van der Waals surface area contributed by atoms with Crippen molar-refractivity contribution in [2.75, 3.05) is 0 Å². The van der Waals surface area contributed by atoms with Crippen molar-refractivity contribution in [2.45, 2.75) is 46.0 Å². The van der Waals surface area contributed by atoms with Crippen LogP contribution in [0.15, 0.2) is 0 Å². The van der Waals surface area contributed by atoms with Gasteiger partial charge in [0, 0.05) is 0 Å². The number of hydrogen-bond acceptors (Lipinski definition) is 3. The molecule has 0 N–H and O–H groups in total. The number of esters is 2. The Balaban J connectivity index is 1.72. The van der Waals surface area contributed by atoms with Crippen LogP contribution in [0.3, 0.4) is 0 Å². The monoisotopic (exact) mass is 262 g/mol. The summed E-state index contributed by atoms with van der Waals surface area (Å²) in [6.45, 7) is 3.89. The summed E-state index contributed by atoms with van der Waals surface area (Å²) in [5.41, 5.74) is -0.556. The Bertz CT molecular complexity index is 427. The van der Waals surface area contributed by atoms with E-state index in [1.165, 1.54) is 32.1 Å². The van der Waals surface area contributed by atoms with Crippen LogP contribution in [0.1, 0.15) is 46.0 Å². The Labute approximate surface area is 114 Å². The number of hydrogen-bond donors (Lipinski definition) is 0. The zero-order valence-electron chi connectivity index (χ0n) is 11.7. The first-order valence-electron chi connectivity index (χ1n) is 7.76. The standard InChI is InChI=1S/C16H22O3/c1-8-14(17)19-15(18)16(8,2)13-11-4-9-3-10(6-11)7-12(13)5-9/h8-13H,3-7H2,1-2H3. The molecule has 4 aliphatic carbocycles. The van der Waals surface area contributed by atoms with Crippen LogP contribution >= 0.6 is 0 Å². The minimum Gasteiger partial charge on any atom is -0.392 e. The Morgan fingerprint density at radius 1 is 1.00 bits per heavy atom. The van der Waals surface area contributed by atoms with Gasteiger partial charge in [-0.3, -0.25) is 9.59 Å². The fraction of sp³-hybridized carbons (Fsp3) is 0.875. The van der Waals surface area contributed by atoms with E-state index in [-0.39, 0.29) is 17.9 Å². The van der Waals surface area contributed by atoms with Gasteiger partial charge in [0.25, 0.3) is 0 Å². The number of carbonyl (C=O) groups is 2. The molecule has 2 unspecified atom stereocenters. The maximum absolute atomic E-state index is 12.3. The van der Waals surface area contributed by atoms with Gasteiger partial charge in [-0.05, 0) is 68.6 Å². The van der Waals surface area contributed by atoms with E-state index in [9.17, 15) is 9.59 Å². The Morgan fingerprint density at radius 3 is 1.95 bits per heavy atom. The molecule has 1 saturated heterocycles. The van der Waals surface area contributed by atoms with Gasteiger partial charge in [-0.15, -0.1) is 0 Å². The highest BCUT2D eigenvalue weighted by molar-refractivity contribution is 5.99. The van der Waals surface area contributed by atoms with Crippen molar-refractivity contribution in [3.63, 3.8) is 0 Å². The maximum Gasteiger partial charge on any atom is 0.320 e. The lowest BCUT2D eigenvalue weighted by atomic mass is 9.45. The number of rotatable bonds is 1. The molecule has 19 heavy (non-hydrogen) atoms. The van der Waals surface area contributed by atoms with Gasteiger partial charge in [-0.25, -0.2) is 0 Å². The lowest BCUT2D eigenvalue weighted by Crippen LogP contribution is -2.54. The second-order valence-corrected chi connectivity index (χ2v) is 7.67. The Kier molecular flexibility index (Phi) is 2.27. The van der Waals surface area contributed by atoms with E-state index in [0.29, 0.717) is 17.8 Å². The molecule has 4 saturated carbocycles. The number of cyclic esters (lactones) is 2. The van der Waals surface area contributed by atoms with Crippen LogP contribution in [-0.4, -0.2) is 11.9 Å². The van der Waals surface area contributed by atoms with E-state index >= 15 is 0 Å². The quantitative estimate of drug-likeness (QED) is 0.539. The molecule has 3 nitrogen and oxygen atoms in total. The second-order valence-electron chi connectivity index (χ2n) is 7.67. The van der Waals surface area contributed by atoms with Gasteiger partial charge < -0.3 is 4.74 Å². The first-order chi connectivity index (χ1) is 9.00. The molecule has 4 bridgehead atoms. The molecular weight excluding hydrogens is 240 g/mol. The molecule has 104 valence electrons. The number of carbonyl (C=O) groups excluding carboxylic acids is 2. The van der Waals surface area contributed by atoms with Gasteiger partial charge in [0.2, 0.25) is 0 Å². The molecular formula is C16H22O3. The zero-order valence-corrected chi connectivity index (χ0v) is 11.7. The molecule has 2 atom stereocenters. The fourth-order valence-electron chi connectivity index (χ4n) is 6.04. The van der Waals surface area contributed by atoms with Gasteiger partial charge >= 0.3 is 11.9 Å². The van der Waals surface area contributed by atoms with Gasteiger partial charge in [-0.1, -0.05) is 6.92 Å². The topological polar surface area (TPSA) is 43.4 Å². The van der Waals surface area contributed by atoms with Crippen LogP contribution in [0.2, 0.25) is 0 Å². The summed E-state index contributed by atoms with van der Waals surface area (Å²) < 4.78 is 4.97. The maximum atomic E-state index is 12.3. The highest BCUT2D eigenvalue weighted by Crippen LogP contribution is 2.63. The third-order valence-corrected chi connectivity index (χ3v) is 6.81. The first kappa shape index (κ1) is 11.9. The summed E-state index contributed by atoms with van der Waals surface area (Å²) in [5.74, 6) is 2.67. The van der Waals surface area contributed by atoms with Crippen molar-refractivity contribution < 1.29 is 14.3 Å². The van der Waals surface area contributed by atoms with Crippen LogP contribution in [0.5, 0.6) is 0 Å². The molecule has 0 aromatic rings. The third kappa shape index (κ3) is 1.39. The summed E-state index contributed by atoms with van der Waals surface area (Å²) in [4.78, 5) is 24.1. The lowest BCUT2D eigenvalue weighted by Gasteiger charge is -2.58. The van der Waals surface area contributed by atoms with Gasteiger partial charge in [0.15, 0.2) is 0 Å². The molecule has 5 aliphatic rings. The van der Waals surface area contributed by atoms with Crippen molar-refractivity contribution in [1.29, 1.82) is 0 Å². The van der Waals surface area contributed by atoms with Crippen molar-refractivity contribution in [1.82, 2.24) is 0 Å². The number of ether oxygens (including phenoxy) is 1. The molecule has 0 spiro atoms. The van der Waals surface area contributed by atoms with Gasteiger partial charge in [0.05, 0.1) is 11.3 Å². The Hall–Kier alpha value is -0.860. The van der Waals surface area contributed by atoms with Gasteiger partial charge in [0.1, 0.15) is 0 Å².